The molecule has 1 saturated heterocycles. The maximum absolute atomic E-state index is 5.87. The Labute approximate surface area is 114 Å². The van der Waals surface area contributed by atoms with E-state index in [2.05, 4.69) is 22.2 Å². The van der Waals surface area contributed by atoms with Gasteiger partial charge in [0.15, 0.2) is 0 Å². The van der Waals surface area contributed by atoms with E-state index in [1.807, 2.05) is 6.92 Å². The van der Waals surface area contributed by atoms with Crippen molar-refractivity contribution in [1.29, 1.82) is 0 Å². The van der Waals surface area contributed by atoms with Crippen molar-refractivity contribution < 1.29 is 0 Å². The second kappa shape index (κ2) is 6.64. The molecular weight excluding hydrogens is 242 g/mol. The van der Waals surface area contributed by atoms with Gasteiger partial charge >= 0.3 is 0 Å². The normalized spacial score (nSPS) is 23.8. The summed E-state index contributed by atoms with van der Waals surface area (Å²) in [5.74, 6) is 0. The van der Waals surface area contributed by atoms with Gasteiger partial charge in [-0.25, -0.2) is 4.98 Å². The summed E-state index contributed by atoms with van der Waals surface area (Å²) in [4.78, 5) is 7.27. The van der Waals surface area contributed by atoms with Crippen LogP contribution in [0.4, 0.5) is 0 Å². The molecule has 3 nitrogen and oxygen atoms in total. The minimum atomic E-state index is 0.0647. The van der Waals surface area contributed by atoms with Crippen molar-refractivity contribution in [3.05, 3.63) is 16.1 Å². The molecule has 1 fully saturated rings. The maximum atomic E-state index is 5.87. The largest absolute Gasteiger partial charge is 0.322 e. The van der Waals surface area contributed by atoms with Crippen LogP contribution in [0.5, 0.6) is 0 Å². The summed E-state index contributed by atoms with van der Waals surface area (Å²) < 4.78 is 0. The van der Waals surface area contributed by atoms with Gasteiger partial charge in [0.1, 0.15) is 5.01 Å². The molecular formula is C14H25N3S. The molecule has 1 aliphatic rings. The fourth-order valence-corrected chi connectivity index (χ4v) is 3.49. The number of hydrogen-bond donors (Lipinski definition) is 1. The van der Waals surface area contributed by atoms with Crippen LogP contribution in [0.3, 0.4) is 0 Å². The first-order valence-electron chi connectivity index (χ1n) is 7.14. The smallest absolute Gasteiger partial charge is 0.109 e. The molecule has 2 rings (SSSR count). The Morgan fingerprint density at radius 2 is 2.33 bits per heavy atom. The van der Waals surface area contributed by atoms with Crippen LogP contribution < -0.4 is 5.73 Å². The fraction of sp³-hybridized carbons (Fsp3) is 0.786. The Morgan fingerprint density at radius 1 is 1.50 bits per heavy atom. The second-order valence-electron chi connectivity index (χ2n) is 5.35. The van der Waals surface area contributed by atoms with Gasteiger partial charge in [-0.15, -0.1) is 11.3 Å². The van der Waals surface area contributed by atoms with Crippen molar-refractivity contribution in [2.45, 2.75) is 64.6 Å². The highest BCUT2D eigenvalue weighted by atomic mass is 32.1. The SMILES string of the molecule is CCC1CCCCCN1Cc1csc(C(C)N)n1. The van der Waals surface area contributed by atoms with Crippen LogP contribution in [-0.2, 0) is 6.54 Å². The zero-order valence-electron chi connectivity index (χ0n) is 11.6. The van der Waals surface area contributed by atoms with E-state index in [-0.39, 0.29) is 6.04 Å². The molecule has 0 saturated carbocycles. The van der Waals surface area contributed by atoms with Gasteiger partial charge in [0.25, 0.3) is 0 Å². The van der Waals surface area contributed by atoms with Gasteiger partial charge in [0.05, 0.1) is 11.7 Å². The molecule has 0 aliphatic carbocycles. The van der Waals surface area contributed by atoms with Crippen LogP contribution >= 0.6 is 11.3 Å². The summed E-state index contributed by atoms with van der Waals surface area (Å²) in [5.41, 5.74) is 7.07. The summed E-state index contributed by atoms with van der Waals surface area (Å²) in [5, 5.41) is 3.24. The molecule has 1 aliphatic heterocycles. The number of nitrogens with two attached hydrogens (primary N) is 1. The Hall–Kier alpha value is -0.450. The van der Waals surface area contributed by atoms with E-state index in [4.69, 9.17) is 5.73 Å². The third-order valence-corrected chi connectivity index (χ3v) is 4.89. The van der Waals surface area contributed by atoms with E-state index < -0.39 is 0 Å². The quantitative estimate of drug-likeness (QED) is 0.910. The van der Waals surface area contributed by atoms with Gasteiger partial charge in [0, 0.05) is 18.0 Å². The lowest BCUT2D eigenvalue weighted by Gasteiger charge is -2.28. The van der Waals surface area contributed by atoms with Crippen LogP contribution in [0.2, 0.25) is 0 Å². The zero-order chi connectivity index (χ0) is 13.0. The molecule has 4 heteroatoms. The second-order valence-corrected chi connectivity index (χ2v) is 6.24. The van der Waals surface area contributed by atoms with Crippen molar-refractivity contribution >= 4 is 11.3 Å². The van der Waals surface area contributed by atoms with E-state index in [0.29, 0.717) is 0 Å². The molecule has 0 bridgehead atoms. The Balaban J connectivity index is 2.00. The minimum Gasteiger partial charge on any atom is -0.322 e. The van der Waals surface area contributed by atoms with Crippen molar-refractivity contribution in [2.75, 3.05) is 6.54 Å². The van der Waals surface area contributed by atoms with Gasteiger partial charge in [-0.1, -0.05) is 19.8 Å². The van der Waals surface area contributed by atoms with Crippen molar-refractivity contribution in [1.82, 2.24) is 9.88 Å². The summed E-state index contributed by atoms with van der Waals surface area (Å²) in [7, 11) is 0. The lowest BCUT2D eigenvalue weighted by atomic mass is 10.1. The number of aromatic nitrogens is 1. The zero-order valence-corrected chi connectivity index (χ0v) is 12.4. The molecule has 102 valence electrons. The molecule has 1 aromatic rings. The van der Waals surface area contributed by atoms with Crippen LogP contribution in [0, 0.1) is 0 Å². The first-order valence-corrected chi connectivity index (χ1v) is 8.02. The number of thiazole rings is 1. The first kappa shape index (κ1) is 14.0. The molecule has 1 aromatic heterocycles. The fourth-order valence-electron chi connectivity index (χ4n) is 2.72. The maximum Gasteiger partial charge on any atom is 0.109 e. The molecule has 2 heterocycles. The van der Waals surface area contributed by atoms with Crippen LogP contribution in [0.15, 0.2) is 5.38 Å². The number of likely N-dealkylation sites (tertiary alicyclic amines) is 1. The molecule has 0 radical (unpaired) electrons. The third-order valence-electron chi connectivity index (χ3n) is 3.79. The molecule has 0 aromatic carbocycles. The monoisotopic (exact) mass is 267 g/mol. The van der Waals surface area contributed by atoms with E-state index in [1.54, 1.807) is 11.3 Å². The van der Waals surface area contributed by atoms with Crippen molar-refractivity contribution in [2.24, 2.45) is 5.73 Å². The number of hydrogen-bond acceptors (Lipinski definition) is 4. The number of nitrogens with zero attached hydrogens (tertiary/aromatic N) is 2. The highest BCUT2D eigenvalue weighted by molar-refractivity contribution is 7.09. The van der Waals surface area contributed by atoms with E-state index in [0.717, 1.165) is 17.6 Å². The average Bonchev–Trinajstić information content (AvgIpc) is 2.70. The van der Waals surface area contributed by atoms with Crippen molar-refractivity contribution in [3.63, 3.8) is 0 Å². The predicted octanol–water partition coefficient (Wildman–Crippen LogP) is 3.32. The van der Waals surface area contributed by atoms with Crippen molar-refractivity contribution in [3.8, 4) is 0 Å². The Morgan fingerprint density at radius 3 is 3.00 bits per heavy atom. The Kier molecular flexibility index (Phi) is 5.15. The van der Waals surface area contributed by atoms with Crippen LogP contribution in [0.25, 0.3) is 0 Å². The van der Waals surface area contributed by atoms with Gasteiger partial charge in [-0.2, -0.15) is 0 Å². The lowest BCUT2D eigenvalue weighted by Crippen LogP contribution is -2.33. The molecule has 0 spiro atoms. The number of rotatable bonds is 4. The summed E-state index contributed by atoms with van der Waals surface area (Å²) in [6, 6.07) is 0.808. The highest BCUT2D eigenvalue weighted by Gasteiger charge is 2.20. The summed E-state index contributed by atoms with van der Waals surface area (Å²) >= 11 is 1.70. The molecule has 18 heavy (non-hydrogen) atoms. The minimum absolute atomic E-state index is 0.0647. The van der Waals surface area contributed by atoms with E-state index in [1.165, 1.54) is 44.3 Å². The lowest BCUT2D eigenvalue weighted by molar-refractivity contribution is 0.184. The topological polar surface area (TPSA) is 42.1 Å². The third kappa shape index (κ3) is 3.53. The van der Waals surface area contributed by atoms with Crippen LogP contribution in [-0.4, -0.2) is 22.5 Å². The molecule has 2 unspecified atom stereocenters. The predicted molar refractivity (Wildman–Crippen MR) is 77.7 cm³/mol. The molecule has 2 N–H and O–H groups in total. The van der Waals surface area contributed by atoms with Gasteiger partial charge < -0.3 is 5.73 Å². The molecule has 0 amide bonds. The van der Waals surface area contributed by atoms with E-state index in [9.17, 15) is 0 Å². The summed E-state index contributed by atoms with van der Waals surface area (Å²) in [6.45, 7) is 6.53. The average molecular weight is 267 g/mol. The van der Waals surface area contributed by atoms with Gasteiger partial charge in [0.2, 0.25) is 0 Å². The van der Waals surface area contributed by atoms with E-state index >= 15 is 0 Å². The summed E-state index contributed by atoms with van der Waals surface area (Å²) in [6.07, 6.45) is 6.71. The first-order chi connectivity index (χ1) is 8.70. The Bertz CT molecular complexity index is 362. The van der Waals surface area contributed by atoms with Gasteiger partial charge in [-0.3, -0.25) is 4.90 Å². The standard InChI is InChI=1S/C14H25N3S/c1-3-13-7-5-4-6-8-17(13)9-12-10-18-14(16-12)11(2)15/h10-11,13H,3-9,15H2,1-2H3. The molecule has 2 atom stereocenters. The highest BCUT2D eigenvalue weighted by Crippen LogP contribution is 2.23. The van der Waals surface area contributed by atoms with Gasteiger partial charge in [-0.05, 0) is 32.7 Å². The van der Waals surface area contributed by atoms with Crippen LogP contribution in [0.1, 0.15) is 62.7 Å².